The Morgan fingerprint density at radius 1 is 0.958 bits per heavy atom. The van der Waals surface area contributed by atoms with Crippen molar-refractivity contribution >= 4 is 28.5 Å². The van der Waals surface area contributed by atoms with Crippen LogP contribution >= 0.6 is 12.6 Å². The molecule has 0 saturated carbocycles. The van der Waals surface area contributed by atoms with Gasteiger partial charge < -0.3 is 9.47 Å². The molecule has 3 aromatic carbocycles. The van der Waals surface area contributed by atoms with Gasteiger partial charge in [-0.1, -0.05) is 42.5 Å². The van der Waals surface area contributed by atoms with E-state index >= 15 is 0 Å². The fraction of sp³-hybridized carbons (Fsp3) is 0.150. The molecule has 122 valence electrons. The average molecular weight is 338 g/mol. The van der Waals surface area contributed by atoms with Crippen molar-refractivity contribution in [2.45, 2.75) is 19.6 Å². The number of ether oxygens (including phenoxy) is 2. The lowest BCUT2D eigenvalue weighted by Gasteiger charge is -2.12. The lowest BCUT2D eigenvalue weighted by Crippen LogP contribution is -2.18. The Morgan fingerprint density at radius 2 is 1.62 bits per heavy atom. The Hall–Kier alpha value is -2.46. The fourth-order valence-electron chi connectivity index (χ4n) is 2.36. The maximum atomic E-state index is 11.2. The average Bonchev–Trinajstić information content (AvgIpc) is 2.60. The van der Waals surface area contributed by atoms with Gasteiger partial charge in [0.1, 0.15) is 18.1 Å². The smallest absolute Gasteiger partial charge is 0.226 e. The highest BCUT2D eigenvalue weighted by Gasteiger charge is 2.10. The van der Waals surface area contributed by atoms with E-state index in [1.807, 2.05) is 66.7 Å². The molecule has 3 nitrogen and oxygen atoms in total. The summed E-state index contributed by atoms with van der Waals surface area (Å²) in [4.78, 5) is 11.2. The van der Waals surface area contributed by atoms with Crippen LogP contribution in [0.15, 0.2) is 66.7 Å². The molecular formula is C20H18O3S. The van der Waals surface area contributed by atoms with E-state index in [9.17, 15) is 4.79 Å². The molecule has 3 aromatic rings. The van der Waals surface area contributed by atoms with Crippen LogP contribution in [-0.4, -0.2) is 11.2 Å². The minimum atomic E-state index is -0.580. The minimum Gasteiger partial charge on any atom is -0.489 e. The highest BCUT2D eigenvalue weighted by atomic mass is 32.1. The molecular weight excluding hydrogens is 320 g/mol. The van der Waals surface area contributed by atoms with Crippen molar-refractivity contribution in [3.05, 3.63) is 72.3 Å². The zero-order valence-corrected chi connectivity index (χ0v) is 14.2. The summed E-state index contributed by atoms with van der Waals surface area (Å²) in [5.74, 6) is 1.43. The lowest BCUT2D eigenvalue weighted by atomic mass is 10.1. The molecule has 0 aliphatic rings. The molecule has 0 aromatic heterocycles. The van der Waals surface area contributed by atoms with Gasteiger partial charge in [0.15, 0.2) is 6.10 Å². The molecule has 0 amide bonds. The maximum Gasteiger partial charge on any atom is 0.226 e. The van der Waals surface area contributed by atoms with E-state index in [1.165, 1.54) is 0 Å². The number of carbonyl (C=O) groups excluding carboxylic acids is 1. The van der Waals surface area contributed by atoms with Gasteiger partial charge in [-0.15, -0.1) is 12.6 Å². The van der Waals surface area contributed by atoms with E-state index in [-0.39, 0.29) is 5.12 Å². The van der Waals surface area contributed by atoms with E-state index in [1.54, 1.807) is 6.92 Å². The molecule has 24 heavy (non-hydrogen) atoms. The molecule has 0 N–H and O–H groups in total. The van der Waals surface area contributed by atoms with Crippen LogP contribution in [0.3, 0.4) is 0 Å². The number of benzene rings is 3. The Labute approximate surface area is 146 Å². The topological polar surface area (TPSA) is 35.5 Å². The van der Waals surface area contributed by atoms with Crippen LogP contribution in [0.4, 0.5) is 0 Å². The largest absolute Gasteiger partial charge is 0.489 e. The summed E-state index contributed by atoms with van der Waals surface area (Å²) in [7, 11) is 0. The predicted molar refractivity (Wildman–Crippen MR) is 98.8 cm³/mol. The van der Waals surface area contributed by atoms with Crippen LogP contribution in [0, 0.1) is 0 Å². The van der Waals surface area contributed by atoms with E-state index in [4.69, 9.17) is 9.47 Å². The van der Waals surface area contributed by atoms with Crippen LogP contribution in [0.25, 0.3) is 10.8 Å². The van der Waals surface area contributed by atoms with Crippen molar-refractivity contribution in [2.24, 2.45) is 0 Å². The fourth-order valence-corrected chi connectivity index (χ4v) is 2.41. The summed E-state index contributed by atoms with van der Waals surface area (Å²) in [6.45, 7) is 2.20. The minimum absolute atomic E-state index is 0.296. The molecule has 0 aliphatic heterocycles. The molecule has 0 aliphatic carbocycles. The number of hydrogen-bond donors (Lipinski definition) is 1. The first-order valence-corrected chi connectivity index (χ1v) is 8.16. The van der Waals surface area contributed by atoms with Gasteiger partial charge >= 0.3 is 0 Å². The predicted octanol–water partition coefficient (Wildman–Crippen LogP) is 4.64. The van der Waals surface area contributed by atoms with Crippen molar-refractivity contribution in [1.29, 1.82) is 0 Å². The Bertz CT molecular complexity index is 846. The van der Waals surface area contributed by atoms with Gasteiger partial charge in [0.2, 0.25) is 5.12 Å². The van der Waals surface area contributed by atoms with Gasteiger partial charge in [0.25, 0.3) is 0 Å². The van der Waals surface area contributed by atoms with Gasteiger partial charge in [0.05, 0.1) is 0 Å². The normalized spacial score (nSPS) is 11.9. The van der Waals surface area contributed by atoms with Gasteiger partial charge in [0, 0.05) is 0 Å². The molecule has 0 saturated heterocycles. The van der Waals surface area contributed by atoms with Crippen LogP contribution in [0.1, 0.15) is 12.5 Å². The molecule has 1 unspecified atom stereocenters. The van der Waals surface area contributed by atoms with Crippen LogP contribution in [-0.2, 0) is 11.4 Å². The second-order valence-corrected chi connectivity index (χ2v) is 5.98. The standard InChI is InChI=1S/C20H18O3S/c1-14(20(21)24)23-19-10-8-16-7-9-18(11-17(16)12-19)22-13-15-5-3-2-4-6-15/h2-12,14H,13H2,1H3,(H,21,24). The van der Waals surface area contributed by atoms with E-state index in [0.717, 1.165) is 22.1 Å². The van der Waals surface area contributed by atoms with Crippen LogP contribution < -0.4 is 9.47 Å². The number of rotatable bonds is 6. The van der Waals surface area contributed by atoms with Gasteiger partial charge in [-0.05, 0) is 47.5 Å². The first-order chi connectivity index (χ1) is 11.6. The summed E-state index contributed by atoms with van der Waals surface area (Å²) in [5.41, 5.74) is 1.12. The van der Waals surface area contributed by atoms with Crippen LogP contribution in [0.2, 0.25) is 0 Å². The first kappa shape index (κ1) is 16.4. The maximum absolute atomic E-state index is 11.2. The van der Waals surface area contributed by atoms with E-state index in [0.29, 0.717) is 12.4 Å². The SMILES string of the molecule is CC(Oc1ccc2ccc(OCc3ccccc3)cc2c1)C(=O)S. The molecule has 3 rings (SSSR count). The zero-order chi connectivity index (χ0) is 16.9. The van der Waals surface area contributed by atoms with Gasteiger partial charge in [-0.2, -0.15) is 0 Å². The molecule has 1 atom stereocenters. The molecule has 4 heteroatoms. The Kier molecular flexibility index (Phi) is 5.06. The summed E-state index contributed by atoms with van der Waals surface area (Å²) < 4.78 is 11.4. The number of carbonyl (C=O) groups is 1. The summed E-state index contributed by atoms with van der Waals surface area (Å²) >= 11 is 3.79. The molecule has 0 bridgehead atoms. The van der Waals surface area contributed by atoms with Crippen molar-refractivity contribution < 1.29 is 14.3 Å². The summed E-state index contributed by atoms with van der Waals surface area (Å²) in [6, 6.07) is 21.7. The second-order valence-electron chi connectivity index (χ2n) is 5.54. The van der Waals surface area contributed by atoms with Crippen LogP contribution in [0.5, 0.6) is 11.5 Å². The third-order valence-electron chi connectivity index (χ3n) is 3.69. The van der Waals surface area contributed by atoms with E-state index in [2.05, 4.69) is 12.6 Å². The molecule has 0 spiro atoms. The Morgan fingerprint density at radius 3 is 2.33 bits per heavy atom. The number of thiol groups is 1. The first-order valence-electron chi connectivity index (χ1n) is 7.72. The van der Waals surface area contributed by atoms with Crippen molar-refractivity contribution in [3.63, 3.8) is 0 Å². The number of hydrogen-bond acceptors (Lipinski definition) is 3. The van der Waals surface area contributed by atoms with Crippen molar-refractivity contribution in [1.82, 2.24) is 0 Å². The zero-order valence-electron chi connectivity index (χ0n) is 13.3. The third kappa shape index (κ3) is 4.09. The monoisotopic (exact) mass is 338 g/mol. The van der Waals surface area contributed by atoms with Crippen molar-refractivity contribution in [3.8, 4) is 11.5 Å². The number of fused-ring (bicyclic) bond motifs is 1. The summed E-state index contributed by atoms with van der Waals surface area (Å²) in [6.07, 6.45) is -0.580. The highest BCUT2D eigenvalue weighted by molar-refractivity contribution is 7.96. The second kappa shape index (κ2) is 7.41. The highest BCUT2D eigenvalue weighted by Crippen LogP contribution is 2.26. The van der Waals surface area contributed by atoms with Gasteiger partial charge in [-0.25, -0.2) is 0 Å². The third-order valence-corrected chi connectivity index (χ3v) is 4.06. The lowest BCUT2D eigenvalue weighted by molar-refractivity contribution is -0.116. The summed E-state index contributed by atoms with van der Waals surface area (Å²) in [5, 5.41) is 1.78. The molecule has 0 heterocycles. The van der Waals surface area contributed by atoms with Gasteiger partial charge in [-0.3, -0.25) is 4.79 Å². The molecule has 0 fully saturated rings. The van der Waals surface area contributed by atoms with Crippen molar-refractivity contribution in [2.75, 3.05) is 0 Å². The van der Waals surface area contributed by atoms with E-state index < -0.39 is 6.10 Å². The quantitative estimate of drug-likeness (QED) is 0.665. The Balaban J connectivity index is 1.77. The molecule has 0 radical (unpaired) electrons.